The highest BCUT2D eigenvalue weighted by Gasteiger charge is 2.31. The zero-order chi connectivity index (χ0) is 25.1. The van der Waals surface area contributed by atoms with Gasteiger partial charge in [-0.15, -0.1) is 0 Å². The van der Waals surface area contributed by atoms with Crippen LogP contribution < -0.4 is 5.73 Å². The molecule has 1 saturated heterocycles. The molecule has 2 heterocycles. The lowest BCUT2D eigenvalue weighted by atomic mass is 9.83. The highest BCUT2D eigenvalue weighted by atomic mass is 35.5. The minimum absolute atomic E-state index is 0. The molecular formula is C26H36ClN5O3S. The van der Waals surface area contributed by atoms with Crippen molar-refractivity contribution in [1.29, 1.82) is 5.41 Å². The van der Waals surface area contributed by atoms with E-state index in [0.29, 0.717) is 44.1 Å². The molecule has 196 valence electrons. The number of carbonyl (C=O) groups is 2. The lowest BCUT2D eigenvalue weighted by Gasteiger charge is -2.39. The number of ether oxygens (including phenoxy) is 1. The summed E-state index contributed by atoms with van der Waals surface area (Å²) >= 11 is 6.78. The van der Waals surface area contributed by atoms with Crippen molar-refractivity contribution in [3.8, 4) is 0 Å². The molecule has 0 spiro atoms. The maximum Gasteiger partial charge on any atom is 0.409 e. The van der Waals surface area contributed by atoms with E-state index in [9.17, 15) is 9.59 Å². The molecule has 1 fully saturated rings. The van der Waals surface area contributed by atoms with E-state index in [0.717, 1.165) is 59.3 Å². The first-order chi connectivity index (χ1) is 16.8. The number of aromatic nitrogens is 1. The lowest BCUT2D eigenvalue weighted by molar-refractivity contribution is 0.0414. The maximum atomic E-state index is 13.4. The number of nitrogens with two attached hydrogens (primary N) is 1. The van der Waals surface area contributed by atoms with Crippen molar-refractivity contribution in [3.05, 3.63) is 40.0 Å². The first-order valence-electron chi connectivity index (χ1n) is 12.4. The number of carbonyl (C=O) groups excluding carboxylic acids is 2. The second kappa shape index (κ2) is 12.1. The molecule has 2 aliphatic rings. The van der Waals surface area contributed by atoms with Gasteiger partial charge in [0.15, 0.2) is 0 Å². The first-order valence-corrected chi connectivity index (χ1v) is 12.8. The van der Waals surface area contributed by atoms with E-state index in [1.54, 1.807) is 4.90 Å². The molecule has 0 saturated carbocycles. The van der Waals surface area contributed by atoms with Crippen LogP contribution in [0.15, 0.2) is 18.2 Å². The van der Waals surface area contributed by atoms with Crippen molar-refractivity contribution in [2.45, 2.75) is 58.4 Å². The maximum absolute atomic E-state index is 13.4. The fourth-order valence-corrected chi connectivity index (χ4v) is 5.43. The molecule has 0 radical (unpaired) electrons. The highest BCUT2D eigenvalue weighted by molar-refractivity contribution is 7.59. The summed E-state index contributed by atoms with van der Waals surface area (Å²) in [7, 11) is 0. The van der Waals surface area contributed by atoms with Gasteiger partial charge in [-0.1, -0.05) is 24.6 Å². The Bertz CT molecular complexity index is 1140. The van der Waals surface area contributed by atoms with Gasteiger partial charge >= 0.3 is 6.09 Å². The molecule has 1 unspecified atom stereocenters. The fraction of sp³-hybridized carbons (Fsp3) is 0.538. The van der Waals surface area contributed by atoms with E-state index in [2.05, 4.69) is 0 Å². The molecular weight excluding hydrogens is 498 g/mol. The van der Waals surface area contributed by atoms with Crippen LogP contribution in [0.25, 0.3) is 10.9 Å². The van der Waals surface area contributed by atoms with Crippen LogP contribution in [0.5, 0.6) is 0 Å². The van der Waals surface area contributed by atoms with Crippen molar-refractivity contribution < 1.29 is 14.3 Å². The van der Waals surface area contributed by atoms with Gasteiger partial charge in [0.1, 0.15) is 0 Å². The average molecular weight is 534 g/mol. The molecule has 10 heteroatoms. The smallest absolute Gasteiger partial charge is 0.409 e. The minimum atomic E-state index is -0.318. The molecule has 2 amide bonds. The van der Waals surface area contributed by atoms with E-state index >= 15 is 0 Å². The van der Waals surface area contributed by atoms with Crippen LogP contribution in [-0.4, -0.2) is 64.9 Å². The lowest BCUT2D eigenvalue weighted by Crippen LogP contribution is -2.55. The van der Waals surface area contributed by atoms with Gasteiger partial charge in [0.05, 0.1) is 23.0 Å². The molecule has 8 nitrogen and oxygen atoms in total. The third-order valence-electron chi connectivity index (χ3n) is 7.03. The summed E-state index contributed by atoms with van der Waals surface area (Å²) in [5, 5.41) is 9.09. The molecule has 0 bridgehead atoms. The van der Waals surface area contributed by atoms with Crippen LogP contribution in [-0.2, 0) is 17.6 Å². The van der Waals surface area contributed by atoms with E-state index in [4.69, 9.17) is 32.5 Å². The Morgan fingerprint density at radius 1 is 1.31 bits per heavy atom. The number of piperazine rings is 1. The van der Waals surface area contributed by atoms with Gasteiger partial charge in [-0.25, -0.2) is 4.79 Å². The second-order valence-electron chi connectivity index (χ2n) is 9.66. The number of nitrogens with zero attached hydrogens (tertiary/aromatic N) is 3. The Labute approximate surface area is 224 Å². The Morgan fingerprint density at radius 2 is 2.08 bits per heavy atom. The molecule has 1 aromatic carbocycles. The van der Waals surface area contributed by atoms with E-state index in [1.807, 2.05) is 36.9 Å². The van der Waals surface area contributed by atoms with Gasteiger partial charge < -0.3 is 20.3 Å². The minimum Gasteiger partial charge on any atom is -0.449 e. The topological polar surface area (TPSA) is 113 Å². The van der Waals surface area contributed by atoms with Crippen LogP contribution in [0, 0.1) is 11.3 Å². The van der Waals surface area contributed by atoms with Gasteiger partial charge in [0.25, 0.3) is 5.91 Å². The molecule has 1 aliphatic carbocycles. The molecule has 4 rings (SSSR count). The van der Waals surface area contributed by atoms with E-state index < -0.39 is 0 Å². The summed E-state index contributed by atoms with van der Waals surface area (Å²) in [5.74, 6) is 0.575. The van der Waals surface area contributed by atoms with Gasteiger partial charge in [0.2, 0.25) is 0 Å². The van der Waals surface area contributed by atoms with Crippen molar-refractivity contribution in [2.24, 2.45) is 11.7 Å². The molecule has 2 atom stereocenters. The SMILES string of the molecule is CCCOC(=O)N1CCN(C(=O)c2ccc3c(Cl)c4c(nc3c2)CC(CCC(=N)N)CC4)[C@@H](C)C1.S. The molecule has 2 aromatic rings. The number of hydrogen-bond donors (Lipinski definition) is 2. The Balaban J connectivity index is 0.00000361. The predicted molar refractivity (Wildman–Crippen MR) is 148 cm³/mol. The van der Waals surface area contributed by atoms with Crippen molar-refractivity contribution >= 4 is 53.8 Å². The Morgan fingerprint density at radius 3 is 2.78 bits per heavy atom. The number of fused-ring (bicyclic) bond motifs is 2. The van der Waals surface area contributed by atoms with Gasteiger partial charge in [-0.3, -0.25) is 15.2 Å². The number of nitrogens with one attached hydrogen (secondary N) is 1. The fourth-order valence-electron chi connectivity index (χ4n) is 5.07. The quantitative estimate of drug-likeness (QED) is 0.419. The summed E-state index contributed by atoms with van der Waals surface area (Å²) in [6.45, 7) is 5.66. The normalized spacial score (nSPS) is 19.4. The zero-order valence-corrected chi connectivity index (χ0v) is 22.7. The van der Waals surface area contributed by atoms with Crippen LogP contribution in [0.2, 0.25) is 5.02 Å². The molecule has 3 N–H and O–H groups in total. The first kappa shape index (κ1) is 28.1. The summed E-state index contributed by atoms with van der Waals surface area (Å²) in [5.41, 5.74) is 8.92. The monoisotopic (exact) mass is 533 g/mol. The largest absolute Gasteiger partial charge is 0.449 e. The summed E-state index contributed by atoms with van der Waals surface area (Å²) in [4.78, 5) is 34.0. The van der Waals surface area contributed by atoms with Crippen molar-refractivity contribution in [1.82, 2.24) is 14.8 Å². The van der Waals surface area contributed by atoms with E-state index in [1.165, 1.54) is 0 Å². The highest BCUT2D eigenvalue weighted by Crippen LogP contribution is 2.36. The number of amidine groups is 1. The predicted octanol–water partition coefficient (Wildman–Crippen LogP) is 4.51. The second-order valence-corrected chi connectivity index (χ2v) is 10.0. The Hall–Kier alpha value is -2.52. The van der Waals surface area contributed by atoms with Crippen molar-refractivity contribution in [3.63, 3.8) is 0 Å². The number of halogens is 1. The number of amides is 2. The van der Waals surface area contributed by atoms with Gasteiger partial charge in [-0.05, 0) is 62.6 Å². The summed E-state index contributed by atoms with van der Waals surface area (Å²) < 4.78 is 5.24. The van der Waals surface area contributed by atoms with Crippen LogP contribution in [0.1, 0.15) is 61.1 Å². The number of hydrogen-bond acceptors (Lipinski definition) is 5. The number of benzene rings is 1. The van der Waals surface area contributed by atoms with Gasteiger partial charge in [0, 0.05) is 48.7 Å². The number of rotatable bonds is 6. The summed E-state index contributed by atoms with van der Waals surface area (Å²) in [6, 6.07) is 5.42. The molecule has 1 aromatic heterocycles. The van der Waals surface area contributed by atoms with Crippen molar-refractivity contribution in [2.75, 3.05) is 26.2 Å². The van der Waals surface area contributed by atoms with Crippen LogP contribution >= 0.6 is 25.1 Å². The number of pyridine rings is 1. The van der Waals surface area contributed by atoms with E-state index in [-0.39, 0.29) is 37.4 Å². The standard InChI is InChI=1S/C26H34ClN5O3.H2S/c1-3-12-35-26(34)31-10-11-32(16(2)15-31)25(33)18-6-8-20-22(14-18)30-21-13-17(5-9-23(28)29)4-7-19(21)24(20)27;/h6,8,14,16-17H,3-5,7,9-13,15H2,1-2H3,(H3,28,29);1H2/t16-,17?;/m0./s1. The zero-order valence-electron chi connectivity index (χ0n) is 21.0. The Kier molecular flexibility index (Phi) is 9.47. The van der Waals surface area contributed by atoms with Crippen LogP contribution in [0.4, 0.5) is 4.79 Å². The third kappa shape index (κ3) is 6.06. The van der Waals surface area contributed by atoms with Gasteiger partial charge in [-0.2, -0.15) is 13.5 Å². The third-order valence-corrected chi connectivity index (χ3v) is 7.46. The summed E-state index contributed by atoms with van der Waals surface area (Å²) in [6.07, 6.45) is 4.62. The van der Waals surface area contributed by atoms with Crippen LogP contribution in [0.3, 0.4) is 0 Å². The average Bonchev–Trinajstić information content (AvgIpc) is 2.85. The molecule has 36 heavy (non-hydrogen) atoms. The molecule has 1 aliphatic heterocycles.